The molecular formula is C10H8F3N3O. The molecule has 2 rings (SSSR count). The van der Waals surface area contributed by atoms with Crippen molar-refractivity contribution in [2.45, 2.75) is 12.6 Å². The molecule has 0 atom stereocenters. The molecule has 0 fully saturated rings. The molecule has 0 aliphatic rings. The van der Waals surface area contributed by atoms with Gasteiger partial charge in [0.15, 0.2) is 0 Å². The van der Waals surface area contributed by atoms with Gasteiger partial charge in [0, 0.05) is 13.2 Å². The van der Waals surface area contributed by atoms with Gasteiger partial charge < -0.3 is 4.57 Å². The van der Waals surface area contributed by atoms with Crippen LogP contribution in [0.15, 0.2) is 18.5 Å². The fourth-order valence-corrected chi connectivity index (χ4v) is 1.49. The monoisotopic (exact) mass is 243 g/mol. The molecule has 0 aromatic carbocycles. The summed E-state index contributed by atoms with van der Waals surface area (Å²) in [6.07, 6.45) is -2.60. The van der Waals surface area contributed by atoms with Gasteiger partial charge in [0.25, 0.3) is 0 Å². The van der Waals surface area contributed by atoms with E-state index in [0.29, 0.717) is 11.0 Å². The van der Waals surface area contributed by atoms with E-state index in [4.69, 9.17) is 0 Å². The van der Waals surface area contributed by atoms with Crippen LogP contribution in [0.2, 0.25) is 0 Å². The maximum atomic E-state index is 12.1. The number of halogens is 3. The number of ketones is 1. The van der Waals surface area contributed by atoms with Crippen LogP contribution in [0.4, 0.5) is 13.2 Å². The topological polar surface area (TPSA) is 47.8 Å². The van der Waals surface area contributed by atoms with Gasteiger partial charge in [-0.2, -0.15) is 13.2 Å². The number of fused-ring (bicyclic) bond motifs is 1. The van der Waals surface area contributed by atoms with E-state index in [9.17, 15) is 18.0 Å². The van der Waals surface area contributed by atoms with Crippen molar-refractivity contribution in [3.63, 3.8) is 0 Å². The number of alkyl halides is 3. The molecule has 0 aliphatic heterocycles. The van der Waals surface area contributed by atoms with Gasteiger partial charge >= 0.3 is 6.18 Å². The van der Waals surface area contributed by atoms with Crippen LogP contribution < -0.4 is 0 Å². The summed E-state index contributed by atoms with van der Waals surface area (Å²) >= 11 is 0. The fraction of sp³-hybridized carbons (Fsp3) is 0.300. The molecule has 0 saturated heterocycles. The van der Waals surface area contributed by atoms with E-state index in [1.807, 2.05) is 0 Å². The average Bonchev–Trinajstić information content (AvgIpc) is 2.55. The SMILES string of the molecule is Cn1c(CC(=O)C(F)(F)F)nc2ccncc21. The number of pyridine rings is 1. The lowest BCUT2D eigenvalue weighted by Gasteiger charge is -2.04. The van der Waals surface area contributed by atoms with Gasteiger partial charge in [0.1, 0.15) is 5.82 Å². The number of Topliss-reactive ketones (excluding diaryl/α,β-unsaturated/α-hetero) is 1. The normalized spacial score (nSPS) is 12.0. The summed E-state index contributed by atoms with van der Waals surface area (Å²) < 4.78 is 37.8. The molecule has 7 heteroatoms. The van der Waals surface area contributed by atoms with Gasteiger partial charge in [-0.15, -0.1) is 0 Å². The van der Waals surface area contributed by atoms with Gasteiger partial charge in [0.2, 0.25) is 5.78 Å². The number of carbonyl (C=O) groups excluding carboxylic acids is 1. The number of carbonyl (C=O) groups is 1. The number of hydrogen-bond acceptors (Lipinski definition) is 3. The minimum Gasteiger partial charge on any atom is -0.329 e. The smallest absolute Gasteiger partial charge is 0.329 e. The largest absolute Gasteiger partial charge is 0.450 e. The number of hydrogen-bond donors (Lipinski definition) is 0. The highest BCUT2D eigenvalue weighted by Crippen LogP contribution is 2.20. The molecule has 2 aromatic heterocycles. The third-order valence-electron chi connectivity index (χ3n) is 2.41. The first-order valence-corrected chi connectivity index (χ1v) is 4.75. The second-order valence-corrected chi connectivity index (χ2v) is 3.55. The Balaban J connectivity index is 2.37. The summed E-state index contributed by atoms with van der Waals surface area (Å²) in [7, 11) is 1.55. The number of aromatic nitrogens is 3. The molecule has 4 nitrogen and oxygen atoms in total. The third kappa shape index (κ3) is 2.13. The quantitative estimate of drug-likeness (QED) is 0.805. The van der Waals surface area contributed by atoms with Crippen molar-refractivity contribution in [1.29, 1.82) is 0 Å². The third-order valence-corrected chi connectivity index (χ3v) is 2.41. The Hall–Kier alpha value is -1.92. The molecule has 0 spiro atoms. The molecule has 17 heavy (non-hydrogen) atoms. The van der Waals surface area contributed by atoms with Crippen LogP contribution in [0.1, 0.15) is 5.82 Å². The molecule has 0 radical (unpaired) electrons. The highest BCUT2D eigenvalue weighted by atomic mass is 19.4. The lowest BCUT2D eigenvalue weighted by Crippen LogP contribution is -2.25. The van der Waals surface area contributed by atoms with Crippen molar-refractivity contribution >= 4 is 16.8 Å². The van der Waals surface area contributed by atoms with E-state index >= 15 is 0 Å². The van der Waals surface area contributed by atoms with Crippen LogP contribution >= 0.6 is 0 Å². The van der Waals surface area contributed by atoms with Gasteiger partial charge in [-0.1, -0.05) is 0 Å². The average molecular weight is 243 g/mol. The number of nitrogens with zero attached hydrogens (tertiary/aromatic N) is 3. The molecule has 2 heterocycles. The molecule has 0 bridgehead atoms. The molecule has 90 valence electrons. The van der Waals surface area contributed by atoms with E-state index in [1.165, 1.54) is 17.0 Å². The number of aryl methyl sites for hydroxylation is 1. The van der Waals surface area contributed by atoms with Crippen LogP contribution in [0.25, 0.3) is 11.0 Å². The first-order valence-electron chi connectivity index (χ1n) is 4.75. The predicted molar refractivity (Wildman–Crippen MR) is 53.3 cm³/mol. The summed E-state index contributed by atoms with van der Waals surface area (Å²) in [5.74, 6) is -1.72. The van der Waals surface area contributed by atoms with Gasteiger partial charge in [-0.3, -0.25) is 9.78 Å². The lowest BCUT2D eigenvalue weighted by molar-refractivity contribution is -0.170. The summed E-state index contributed by atoms with van der Waals surface area (Å²) in [6, 6.07) is 1.58. The highest BCUT2D eigenvalue weighted by molar-refractivity contribution is 5.86. The van der Waals surface area contributed by atoms with E-state index in [1.54, 1.807) is 13.1 Å². The molecule has 0 saturated carbocycles. The van der Waals surface area contributed by atoms with Crippen LogP contribution in [0.3, 0.4) is 0 Å². The zero-order chi connectivity index (χ0) is 12.6. The maximum Gasteiger partial charge on any atom is 0.450 e. The van der Waals surface area contributed by atoms with E-state index in [2.05, 4.69) is 9.97 Å². The van der Waals surface area contributed by atoms with Gasteiger partial charge in [-0.05, 0) is 6.07 Å². The van der Waals surface area contributed by atoms with Crippen LogP contribution in [0, 0.1) is 0 Å². The Morgan fingerprint density at radius 3 is 2.76 bits per heavy atom. The van der Waals surface area contributed by atoms with Crippen LogP contribution in [0.5, 0.6) is 0 Å². The Morgan fingerprint density at radius 2 is 2.18 bits per heavy atom. The standard InChI is InChI=1S/C10H8F3N3O/c1-16-7-5-14-3-2-6(7)15-9(16)4-8(17)10(11,12)13/h2-3,5H,4H2,1H3. The Labute approximate surface area is 94.1 Å². The Morgan fingerprint density at radius 1 is 1.47 bits per heavy atom. The van der Waals surface area contributed by atoms with E-state index in [-0.39, 0.29) is 5.82 Å². The number of imidazole rings is 1. The van der Waals surface area contributed by atoms with Crippen molar-refractivity contribution in [2.75, 3.05) is 0 Å². The molecule has 0 N–H and O–H groups in total. The van der Waals surface area contributed by atoms with Crippen molar-refractivity contribution in [3.05, 3.63) is 24.3 Å². The highest BCUT2D eigenvalue weighted by Gasteiger charge is 2.38. The molecule has 0 unspecified atom stereocenters. The minimum absolute atomic E-state index is 0.0790. The zero-order valence-electron chi connectivity index (χ0n) is 8.82. The van der Waals surface area contributed by atoms with Crippen molar-refractivity contribution in [2.24, 2.45) is 7.05 Å². The first kappa shape index (κ1) is 11.6. The number of rotatable bonds is 2. The van der Waals surface area contributed by atoms with Gasteiger partial charge in [0.05, 0.1) is 23.7 Å². The van der Waals surface area contributed by atoms with Crippen molar-refractivity contribution in [3.8, 4) is 0 Å². The molecule has 2 aromatic rings. The van der Waals surface area contributed by atoms with E-state index in [0.717, 1.165) is 0 Å². The zero-order valence-corrected chi connectivity index (χ0v) is 8.82. The lowest BCUT2D eigenvalue weighted by atomic mass is 10.2. The van der Waals surface area contributed by atoms with Crippen LogP contribution in [-0.2, 0) is 18.3 Å². The molecular weight excluding hydrogens is 235 g/mol. The first-order chi connectivity index (χ1) is 7.89. The Kier molecular flexibility index (Phi) is 2.60. The van der Waals surface area contributed by atoms with Crippen molar-refractivity contribution in [1.82, 2.24) is 14.5 Å². The van der Waals surface area contributed by atoms with Gasteiger partial charge in [-0.25, -0.2) is 4.98 Å². The van der Waals surface area contributed by atoms with Crippen LogP contribution in [-0.4, -0.2) is 26.5 Å². The predicted octanol–water partition coefficient (Wildman–Crippen LogP) is 1.64. The summed E-state index contributed by atoms with van der Waals surface area (Å²) in [4.78, 5) is 18.7. The van der Waals surface area contributed by atoms with E-state index < -0.39 is 18.4 Å². The molecule has 0 aliphatic carbocycles. The van der Waals surface area contributed by atoms with Crippen molar-refractivity contribution < 1.29 is 18.0 Å². The maximum absolute atomic E-state index is 12.1. The minimum atomic E-state index is -4.82. The second-order valence-electron chi connectivity index (χ2n) is 3.55. The summed E-state index contributed by atoms with van der Waals surface area (Å²) in [6.45, 7) is 0. The summed E-state index contributed by atoms with van der Waals surface area (Å²) in [5, 5.41) is 0. The Bertz CT molecular complexity index is 574. The second kappa shape index (κ2) is 3.83. The fourth-order valence-electron chi connectivity index (χ4n) is 1.49. The molecule has 0 amide bonds. The summed E-state index contributed by atoms with van der Waals surface area (Å²) in [5.41, 5.74) is 1.12.